The highest BCUT2D eigenvalue weighted by Crippen LogP contribution is 2.35. The van der Waals surface area contributed by atoms with E-state index in [-0.39, 0.29) is 66.8 Å². The molecule has 0 bridgehead atoms. The van der Waals surface area contributed by atoms with Gasteiger partial charge in [-0.1, -0.05) is 0 Å². The smallest absolute Gasteiger partial charge is 0.321 e. The molecule has 0 aliphatic heterocycles. The molecule has 2 heterocycles. The fourth-order valence-corrected chi connectivity index (χ4v) is 5.42. The maximum Gasteiger partial charge on any atom is 0.321 e. The Morgan fingerprint density at radius 3 is 2.20 bits per heavy atom. The Bertz CT molecular complexity index is 1460. The topological polar surface area (TPSA) is 229 Å². The number of thioether (sulfide) groups is 1. The van der Waals surface area contributed by atoms with Crippen molar-refractivity contribution in [2.45, 2.75) is 36.7 Å². The van der Waals surface area contributed by atoms with Crippen molar-refractivity contribution in [3.63, 3.8) is 0 Å². The number of aromatic hydroxyl groups is 2. The number of ether oxygens (including phenoxy) is 5. The van der Waals surface area contributed by atoms with E-state index in [9.17, 15) is 24.6 Å². The van der Waals surface area contributed by atoms with Crippen LogP contribution in [0.25, 0.3) is 10.9 Å². The molecule has 0 aliphatic carbocycles. The number of nitrogens with one attached hydrogen (secondary N) is 3. The lowest BCUT2D eigenvalue weighted by atomic mass is 10.1. The first kappa shape index (κ1) is 39.4. The van der Waals surface area contributed by atoms with Gasteiger partial charge in [-0.3, -0.25) is 19.0 Å². The number of carbonyl (C=O) groups excluding carboxylic acids is 2. The van der Waals surface area contributed by atoms with Crippen LogP contribution in [0.2, 0.25) is 0 Å². The van der Waals surface area contributed by atoms with Crippen molar-refractivity contribution < 1.29 is 53.4 Å². The Balaban J connectivity index is 1.08. The zero-order valence-corrected chi connectivity index (χ0v) is 28.4. The summed E-state index contributed by atoms with van der Waals surface area (Å²) >= 11 is 0.998. The van der Waals surface area contributed by atoms with Crippen LogP contribution in [0.4, 0.5) is 0 Å². The molecule has 2 amide bonds. The van der Waals surface area contributed by atoms with Gasteiger partial charge in [-0.05, 0) is 30.2 Å². The van der Waals surface area contributed by atoms with Crippen LogP contribution < -0.4 is 21.1 Å². The van der Waals surface area contributed by atoms with Gasteiger partial charge in [-0.25, -0.2) is 0 Å². The molecular formula is C32H47N5O11S. The van der Waals surface area contributed by atoms with Crippen molar-refractivity contribution in [2.75, 3.05) is 78.8 Å². The number of carbonyl (C=O) groups is 3. The van der Waals surface area contributed by atoms with E-state index in [0.29, 0.717) is 59.2 Å². The van der Waals surface area contributed by atoms with Crippen LogP contribution in [-0.4, -0.2) is 128 Å². The van der Waals surface area contributed by atoms with E-state index >= 15 is 0 Å². The van der Waals surface area contributed by atoms with Gasteiger partial charge in [-0.2, -0.15) is 0 Å². The number of carboxylic acids is 1. The molecule has 2 aromatic heterocycles. The molecule has 1 unspecified atom stereocenters. The van der Waals surface area contributed by atoms with E-state index < -0.39 is 12.0 Å². The van der Waals surface area contributed by atoms with Crippen LogP contribution in [0.3, 0.4) is 0 Å². The number of methoxy groups -OCH3 is 1. The van der Waals surface area contributed by atoms with Crippen molar-refractivity contribution >= 4 is 40.4 Å². The largest absolute Gasteiger partial charge is 0.497 e. The molecule has 0 aliphatic rings. The number of fused-ring (bicyclic) bond motifs is 1. The van der Waals surface area contributed by atoms with E-state index in [2.05, 4.69) is 15.6 Å². The number of aromatic amines is 1. The quantitative estimate of drug-likeness (QED) is 0.0460. The predicted octanol–water partition coefficient (Wildman–Crippen LogP) is 1.21. The zero-order chi connectivity index (χ0) is 35.4. The van der Waals surface area contributed by atoms with E-state index in [4.69, 9.17) is 34.5 Å². The number of rotatable bonds is 26. The van der Waals surface area contributed by atoms with E-state index in [0.717, 1.165) is 38.5 Å². The molecule has 1 atom stereocenters. The van der Waals surface area contributed by atoms with Crippen molar-refractivity contribution in [3.8, 4) is 17.5 Å². The average molecular weight is 710 g/mol. The molecule has 16 nitrogen and oxygen atoms in total. The second-order valence-corrected chi connectivity index (χ2v) is 11.8. The molecule has 8 N–H and O–H groups in total. The second kappa shape index (κ2) is 21.9. The summed E-state index contributed by atoms with van der Waals surface area (Å²) in [5.74, 6) is -1.23. The number of amides is 2. The van der Waals surface area contributed by atoms with Crippen molar-refractivity contribution in [1.82, 2.24) is 20.2 Å². The monoisotopic (exact) mass is 709 g/mol. The SMILES string of the molecule is COc1ccc2[nH]cc(CCNC(=O)CCOCCOCCOCCOCCNC(=O)CCn3c(O)cc(SCC(N)C(=O)O)c3O)c2c1. The van der Waals surface area contributed by atoms with Gasteiger partial charge in [0.05, 0.1) is 64.9 Å². The Morgan fingerprint density at radius 1 is 0.898 bits per heavy atom. The standard InChI is InChI=1S/C32H47N5O11S/c1-44-23-2-3-26-24(18-23)22(20-36-26)4-7-34-29(39)6-10-45-12-14-47-16-17-48-15-13-46-11-8-35-28(38)5-9-37-30(40)19-27(31(37)41)49-21-25(33)32(42)43/h2-3,18-20,25,36,40-41H,4-17,21,33H2,1H3,(H,34,39)(H,35,38)(H,42,43). The van der Waals surface area contributed by atoms with E-state index in [1.165, 1.54) is 6.07 Å². The minimum atomic E-state index is -1.17. The van der Waals surface area contributed by atoms with Crippen molar-refractivity contribution in [1.29, 1.82) is 0 Å². The number of benzene rings is 1. The number of nitrogens with two attached hydrogens (primary N) is 1. The Labute approximate surface area is 288 Å². The van der Waals surface area contributed by atoms with Crippen LogP contribution >= 0.6 is 11.8 Å². The molecule has 272 valence electrons. The van der Waals surface area contributed by atoms with Crippen LogP contribution in [0.15, 0.2) is 35.4 Å². The lowest BCUT2D eigenvalue weighted by molar-refractivity contribution is -0.138. The summed E-state index contributed by atoms with van der Waals surface area (Å²) in [6.45, 7) is 3.67. The van der Waals surface area contributed by atoms with E-state index in [1.54, 1.807) is 7.11 Å². The Morgan fingerprint density at radius 2 is 1.53 bits per heavy atom. The molecule has 0 radical (unpaired) electrons. The molecule has 3 aromatic rings. The summed E-state index contributed by atoms with van der Waals surface area (Å²) in [4.78, 5) is 38.6. The summed E-state index contributed by atoms with van der Waals surface area (Å²) in [7, 11) is 1.64. The normalized spacial score (nSPS) is 11.9. The van der Waals surface area contributed by atoms with Gasteiger partial charge in [0, 0.05) is 61.4 Å². The number of carboxylic acid groups (broad SMARTS) is 1. The number of hydrogen-bond acceptors (Lipinski definition) is 12. The first-order valence-corrected chi connectivity index (χ1v) is 16.9. The molecule has 0 fully saturated rings. The molecule has 1 aromatic carbocycles. The van der Waals surface area contributed by atoms with Crippen molar-refractivity contribution in [3.05, 3.63) is 36.0 Å². The van der Waals surface area contributed by atoms with Gasteiger partial charge in [0.25, 0.3) is 0 Å². The lowest BCUT2D eigenvalue weighted by Crippen LogP contribution is -2.32. The first-order chi connectivity index (χ1) is 23.7. The molecule has 0 saturated carbocycles. The summed E-state index contributed by atoms with van der Waals surface area (Å²) < 4.78 is 28.3. The highest BCUT2D eigenvalue weighted by Gasteiger charge is 2.18. The molecule has 49 heavy (non-hydrogen) atoms. The highest BCUT2D eigenvalue weighted by molar-refractivity contribution is 7.99. The molecule has 3 rings (SSSR count). The maximum absolute atomic E-state index is 12.1. The minimum Gasteiger partial charge on any atom is -0.497 e. The number of hydrogen-bond donors (Lipinski definition) is 7. The van der Waals surface area contributed by atoms with Gasteiger partial charge in [0.15, 0.2) is 5.88 Å². The fourth-order valence-electron chi connectivity index (χ4n) is 4.49. The van der Waals surface area contributed by atoms with Crippen LogP contribution in [0.1, 0.15) is 18.4 Å². The van der Waals surface area contributed by atoms with Crippen LogP contribution in [-0.2, 0) is 46.3 Å². The predicted molar refractivity (Wildman–Crippen MR) is 181 cm³/mol. The number of H-pyrrole nitrogens is 1. The average Bonchev–Trinajstić information content (AvgIpc) is 3.62. The fraction of sp³-hybridized carbons (Fsp3) is 0.531. The number of aliphatic carboxylic acids is 1. The molecule has 0 spiro atoms. The van der Waals surface area contributed by atoms with Crippen LogP contribution in [0, 0.1) is 0 Å². The van der Waals surface area contributed by atoms with Gasteiger partial charge in [0.1, 0.15) is 11.8 Å². The summed E-state index contributed by atoms with van der Waals surface area (Å²) in [5.41, 5.74) is 7.60. The van der Waals surface area contributed by atoms with Crippen LogP contribution in [0.5, 0.6) is 17.5 Å². The van der Waals surface area contributed by atoms with Crippen molar-refractivity contribution in [2.24, 2.45) is 5.73 Å². The van der Waals surface area contributed by atoms with Gasteiger partial charge >= 0.3 is 5.97 Å². The van der Waals surface area contributed by atoms with Gasteiger partial charge < -0.3 is 60.4 Å². The Kier molecular flexibility index (Phi) is 17.6. The van der Waals surface area contributed by atoms with Gasteiger partial charge in [-0.15, -0.1) is 11.8 Å². The highest BCUT2D eigenvalue weighted by atomic mass is 32.2. The third kappa shape index (κ3) is 14.2. The van der Waals surface area contributed by atoms with Gasteiger partial charge in [0.2, 0.25) is 17.7 Å². The molecule has 0 saturated heterocycles. The maximum atomic E-state index is 12.1. The zero-order valence-electron chi connectivity index (χ0n) is 27.6. The number of nitrogens with zero attached hydrogens (tertiary/aromatic N) is 1. The third-order valence-corrected chi connectivity index (χ3v) is 8.30. The summed E-state index contributed by atoms with van der Waals surface area (Å²) in [6.07, 6.45) is 2.93. The molecular weight excluding hydrogens is 662 g/mol. The summed E-state index contributed by atoms with van der Waals surface area (Å²) in [5, 5.41) is 35.9. The Hall–Kier alpha value is -4.00. The minimum absolute atomic E-state index is 0.00199. The van der Waals surface area contributed by atoms with E-state index in [1.807, 2.05) is 24.4 Å². The first-order valence-electron chi connectivity index (χ1n) is 15.9. The number of aromatic nitrogens is 2. The third-order valence-electron chi connectivity index (χ3n) is 7.16. The lowest BCUT2D eigenvalue weighted by Gasteiger charge is -2.09. The second-order valence-electron chi connectivity index (χ2n) is 10.7. The summed E-state index contributed by atoms with van der Waals surface area (Å²) in [6, 6.07) is 6.04. The molecule has 17 heteroatoms.